The van der Waals surface area contributed by atoms with Crippen LogP contribution in [0, 0.1) is 0 Å². The normalized spacial score (nSPS) is 22.2. The highest BCUT2D eigenvalue weighted by atomic mass is 16.5. The molecule has 6 rings (SSSR count). The standard InChI is InChI=1S/C32H41N3O4/c1-33-15-17-34-16-7-10-24(34)20-38-25-19-35-28-18-23(32(36)37)13-14-26(28)30(22-8-3-2-4-9-22)31(35)27-11-5-6-12-29(27)39-21-25/h5-6,11-14,18,22,24-25,33H,2-4,7-10,15-17,19-21H2,1H3,(H,36,37)/t24?,25-/m0/s1. The molecule has 1 aliphatic carbocycles. The summed E-state index contributed by atoms with van der Waals surface area (Å²) in [6.07, 6.45) is 8.33. The minimum atomic E-state index is -0.892. The van der Waals surface area contributed by atoms with E-state index in [0.29, 0.717) is 37.3 Å². The summed E-state index contributed by atoms with van der Waals surface area (Å²) in [7, 11) is 2.00. The minimum Gasteiger partial charge on any atom is -0.490 e. The van der Waals surface area contributed by atoms with E-state index in [-0.39, 0.29) is 6.10 Å². The molecule has 7 nitrogen and oxygen atoms in total. The molecule has 0 bridgehead atoms. The van der Waals surface area contributed by atoms with Crippen molar-refractivity contribution in [3.63, 3.8) is 0 Å². The van der Waals surface area contributed by atoms with Crippen LogP contribution >= 0.6 is 0 Å². The van der Waals surface area contributed by atoms with Gasteiger partial charge in [0.05, 0.1) is 24.4 Å². The largest absolute Gasteiger partial charge is 0.490 e. The Morgan fingerprint density at radius 2 is 1.95 bits per heavy atom. The van der Waals surface area contributed by atoms with E-state index in [1.807, 2.05) is 25.2 Å². The van der Waals surface area contributed by atoms with E-state index in [4.69, 9.17) is 9.47 Å². The SMILES string of the molecule is CNCCN1CCCC1CO[C@@H]1COc2ccccc2-c2c(C3CCCCC3)c3ccc(C(=O)O)cc3n2C1. The van der Waals surface area contributed by atoms with E-state index in [1.165, 1.54) is 55.2 Å². The number of carbonyl (C=O) groups is 1. The number of aromatic nitrogens is 1. The first kappa shape index (κ1) is 26.4. The van der Waals surface area contributed by atoms with Crippen LogP contribution in [0.1, 0.15) is 66.8 Å². The maximum atomic E-state index is 12.0. The molecule has 0 spiro atoms. The van der Waals surface area contributed by atoms with Crippen molar-refractivity contribution in [3.05, 3.63) is 53.6 Å². The van der Waals surface area contributed by atoms with Gasteiger partial charge in [-0.15, -0.1) is 0 Å². The monoisotopic (exact) mass is 531 g/mol. The molecule has 2 aromatic carbocycles. The highest BCUT2D eigenvalue weighted by Crippen LogP contribution is 2.47. The molecule has 2 N–H and O–H groups in total. The third-order valence-electron chi connectivity index (χ3n) is 8.99. The number of likely N-dealkylation sites (tertiary alicyclic amines) is 1. The van der Waals surface area contributed by atoms with Crippen LogP contribution in [-0.2, 0) is 11.3 Å². The van der Waals surface area contributed by atoms with Crippen molar-refractivity contribution in [2.45, 2.75) is 69.6 Å². The molecule has 3 aliphatic rings. The summed E-state index contributed by atoms with van der Waals surface area (Å²) in [5.74, 6) is 0.443. The number of para-hydroxylation sites is 1. The second-order valence-electron chi connectivity index (χ2n) is 11.4. The first-order valence-electron chi connectivity index (χ1n) is 14.8. The van der Waals surface area contributed by atoms with E-state index in [2.05, 4.69) is 33.0 Å². The molecule has 2 atom stereocenters. The number of nitrogens with one attached hydrogen (secondary N) is 1. The smallest absolute Gasteiger partial charge is 0.335 e. The lowest BCUT2D eigenvalue weighted by molar-refractivity contribution is -0.0138. The number of aromatic carboxylic acids is 1. The van der Waals surface area contributed by atoms with E-state index >= 15 is 0 Å². The Morgan fingerprint density at radius 1 is 1.10 bits per heavy atom. The maximum absolute atomic E-state index is 12.0. The van der Waals surface area contributed by atoms with E-state index < -0.39 is 5.97 Å². The fourth-order valence-corrected chi connectivity index (χ4v) is 7.00. The van der Waals surface area contributed by atoms with Gasteiger partial charge in [-0.3, -0.25) is 4.90 Å². The second-order valence-corrected chi connectivity index (χ2v) is 11.4. The molecule has 3 heterocycles. The van der Waals surface area contributed by atoms with E-state index in [0.717, 1.165) is 42.9 Å². The van der Waals surface area contributed by atoms with Gasteiger partial charge in [0.25, 0.3) is 0 Å². The molecule has 1 saturated heterocycles. The van der Waals surface area contributed by atoms with Gasteiger partial charge in [-0.25, -0.2) is 4.79 Å². The van der Waals surface area contributed by atoms with Gasteiger partial charge in [0.15, 0.2) is 0 Å². The molecule has 208 valence electrons. The topological polar surface area (TPSA) is 76.0 Å². The average Bonchev–Trinajstić information content (AvgIpc) is 3.54. The number of carboxylic acid groups (broad SMARTS) is 1. The minimum absolute atomic E-state index is 0.132. The quantitative estimate of drug-likeness (QED) is 0.399. The van der Waals surface area contributed by atoms with Crippen LogP contribution in [0.25, 0.3) is 22.2 Å². The number of likely N-dealkylation sites (N-methyl/N-ethyl adjacent to an activating group) is 1. The number of benzene rings is 2. The Bertz CT molecular complexity index is 1310. The average molecular weight is 532 g/mol. The fourth-order valence-electron chi connectivity index (χ4n) is 7.00. The highest BCUT2D eigenvalue weighted by molar-refractivity contribution is 5.98. The zero-order chi connectivity index (χ0) is 26.8. The van der Waals surface area contributed by atoms with Crippen LogP contribution in [0.4, 0.5) is 0 Å². The number of carboxylic acids is 1. The summed E-state index contributed by atoms with van der Waals surface area (Å²) in [6, 6.07) is 14.4. The molecule has 7 heteroatoms. The predicted molar refractivity (Wildman–Crippen MR) is 154 cm³/mol. The number of hydrogen-bond acceptors (Lipinski definition) is 5. The van der Waals surface area contributed by atoms with Gasteiger partial charge in [0.2, 0.25) is 0 Å². The van der Waals surface area contributed by atoms with Crippen molar-refractivity contribution in [1.82, 2.24) is 14.8 Å². The zero-order valence-corrected chi connectivity index (χ0v) is 23.0. The van der Waals surface area contributed by atoms with Gasteiger partial charge in [0.1, 0.15) is 18.5 Å². The fraction of sp³-hybridized carbons (Fsp3) is 0.531. The summed E-state index contributed by atoms with van der Waals surface area (Å²) in [5, 5.41) is 14.3. The molecule has 0 amide bonds. The molecule has 2 fully saturated rings. The van der Waals surface area contributed by atoms with Crippen molar-refractivity contribution in [2.75, 3.05) is 39.9 Å². The Labute approximate surface area is 231 Å². The highest BCUT2D eigenvalue weighted by Gasteiger charge is 2.32. The summed E-state index contributed by atoms with van der Waals surface area (Å²) in [6.45, 7) is 4.93. The number of ether oxygens (including phenoxy) is 2. The lowest BCUT2D eigenvalue weighted by Gasteiger charge is -2.30. The predicted octanol–water partition coefficient (Wildman–Crippen LogP) is 5.52. The molecular formula is C32H41N3O4. The number of fused-ring (bicyclic) bond motifs is 5. The van der Waals surface area contributed by atoms with Crippen molar-refractivity contribution in [2.24, 2.45) is 0 Å². The van der Waals surface area contributed by atoms with Crippen LogP contribution in [0.3, 0.4) is 0 Å². The van der Waals surface area contributed by atoms with Gasteiger partial charge in [-0.2, -0.15) is 0 Å². The maximum Gasteiger partial charge on any atom is 0.335 e. The third-order valence-corrected chi connectivity index (χ3v) is 8.99. The molecular weight excluding hydrogens is 490 g/mol. The van der Waals surface area contributed by atoms with E-state index in [1.54, 1.807) is 6.07 Å². The van der Waals surface area contributed by atoms with Crippen LogP contribution < -0.4 is 10.1 Å². The van der Waals surface area contributed by atoms with Crippen LogP contribution in [0.5, 0.6) is 5.75 Å². The molecule has 0 radical (unpaired) electrons. The van der Waals surface area contributed by atoms with Crippen LogP contribution in [-0.4, -0.2) is 72.6 Å². The lowest BCUT2D eigenvalue weighted by Crippen LogP contribution is -2.39. The molecule has 3 aromatic rings. The first-order chi connectivity index (χ1) is 19.1. The van der Waals surface area contributed by atoms with Gasteiger partial charge in [0, 0.05) is 35.6 Å². The molecule has 1 aromatic heterocycles. The molecule has 1 saturated carbocycles. The number of hydrogen-bond donors (Lipinski definition) is 2. The molecule has 1 unspecified atom stereocenters. The Morgan fingerprint density at radius 3 is 2.77 bits per heavy atom. The van der Waals surface area contributed by atoms with Gasteiger partial charge in [-0.05, 0) is 75.0 Å². The Kier molecular flexibility index (Phi) is 7.91. The van der Waals surface area contributed by atoms with Gasteiger partial charge >= 0.3 is 5.97 Å². The van der Waals surface area contributed by atoms with Gasteiger partial charge in [-0.1, -0.05) is 37.5 Å². The molecule has 2 aliphatic heterocycles. The van der Waals surface area contributed by atoms with Crippen LogP contribution in [0.2, 0.25) is 0 Å². The van der Waals surface area contributed by atoms with E-state index in [9.17, 15) is 9.90 Å². The molecule has 39 heavy (non-hydrogen) atoms. The lowest BCUT2D eigenvalue weighted by atomic mass is 9.81. The Hall–Kier alpha value is -2.87. The van der Waals surface area contributed by atoms with Gasteiger partial charge < -0.3 is 24.5 Å². The number of rotatable bonds is 8. The van der Waals surface area contributed by atoms with Crippen molar-refractivity contribution in [1.29, 1.82) is 0 Å². The summed E-state index contributed by atoms with van der Waals surface area (Å²) in [4.78, 5) is 14.5. The zero-order valence-electron chi connectivity index (χ0n) is 23.0. The van der Waals surface area contributed by atoms with Crippen molar-refractivity contribution < 1.29 is 19.4 Å². The van der Waals surface area contributed by atoms with Crippen LogP contribution in [0.15, 0.2) is 42.5 Å². The summed E-state index contributed by atoms with van der Waals surface area (Å²) < 4.78 is 15.4. The van der Waals surface area contributed by atoms with Crippen molar-refractivity contribution >= 4 is 16.9 Å². The summed E-state index contributed by atoms with van der Waals surface area (Å²) >= 11 is 0. The Balaban J connectivity index is 1.41. The van der Waals surface area contributed by atoms with Crippen molar-refractivity contribution in [3.8, 4) is 17.0 Å². The third kappa shape index (κ3) is 5.32. The first-order valence-corrected chi connectivity index (χ1v) is 14.8. The summed E-state index contributed by atoms with van der Waals surface area (Å²) in [5.41, 5.74) is 4.95. The number of nitrogens with zero attached hydrogens (tertiary/aromatic N) is 2. The second kappa shape index (κ2) is 11.7.